The number of carbonyl (C=O) groups is 1. The van der Waals surface area contributed by atoms with Gasteiger partial charge in [0.1, 0.15) is 12.4 Å². The number of nitrogens with zero attached hydrogens (tertiary/aromatic N) is 1. The maximum absolute atomic E-state index is 14.6. The van der Waals surface area contributed by atoms with Gasteiger partial charge in [0, 0.05) is 46.4 Å². The number of hydrogen-bond donors (Lipinski definition) is 2. The molecule has 2 fully saturated rings. The summed E-state index contributed by atoms with van der Waals surface area (Å²) in [7, 11) is 0. The molecular weight excluding hydrogens is 484 g/mol. The number of aromatic nitrogens is 1. The number of amides is 1. The topological polar surface area (TPSA) is 57.4 Å². The molecule has 0 saturated heterocycles. The fourth-order valence-corrected chi connectivity index (χ4v) is 5.54. The number of benzene rings is 2. The molecule has 3 aromatic rings. The van der Waals surface area contributed by atoms with E-state index in [4.69, 9.17) is 4.74 Å². The number of rotatable bonds is 8. The number of halogens is 3. The zero-order valence-corrected chi connectivity index (χ0v) is 21.0. The highest BCUT2D eigenvalue weighted by atomic mass is 35.5. The Balaban J connectivity index is 0.00000267. The van der Waals surface area contributed by atoms with Gasteiger partial charge in [-0.3, -0.25) is 9.69 Å². The number of nitrogens with one attached hydrogen (secondary N) is 2. The summed E-state index contributed by atoms with van der Waals surface area (Å²) >= 11 is 0. The molecule has 2 N–H and O–H groups in total. The van der Waals surface area contributed by atoms with Crippen molar-refractivity contribution in [3.8, 4) is 5.75 Å². The summed E-state index contributed by atoms with van der Waals surface area (Å²) in [5.74, 6) is -0.516. The molecule has 2 aromatic carbocycles. The number of carbonyl (C=O) groups excluding carboxylic acids is 1. The molecule has 2 saturated carbocycles. The molecule has 36 heavy (non-hydrogen) atoms. The molecule has 1 aliphatic heterocycles. The lowest BCUT2D eigenvalue weighted by Crippen LogP contribution is -2.52. The van der Waals surface area contributed by atoms with Crippen molar-refractivity contribution in [3.63, 3.8) is 0 Å². The maximum atomic E-state index is 14.6. The number of ether oxygens (including phenoxy) is 1. The smallest absolute Gasteiger partial charge is 0.251 e. The largest absolute Gasteiger partial charge is 0.489 e. The molecule has 1 aromatic heterocycles. The summed E-state index contributed by atoms with van der Waals surface area (Å²) < 4.78 is 34.3. The molecule has 1 atom stereocenters. The van der Waals surface area contributed by atoms with Crippen molar-refractivity contribution in [2.45, 2.75) is 69.5 Å². The molecule has 6 rings (SSSR count). The van der Waals surface area contributed by atoms with Crippen molar-refractivity contribution < 1.29 is 18.3 Å². The fourth-order valence-electron chi connectivity index (χ4n) is 5.54. The molecule has 8 heteroatoms. The Bertz CT molecular complexity index is 1260. The van der Waals surface area contributed by atoms with Gasteiger partial charge in [-0.25, -0.2) is 8.78 Å². The molecule has 0 bridgehead atoms. The summed E-state index contributed by atoms with van der Waals surface area (Å²) in [5, 5.41) is 3.98. The second kappa shape index (κ2) is 10.4. The van der Waals surface area contributed by atoms with Crippen LogP contribution in [-0.2, 0) is 12.8 Å². The van der Waals surface area contributed by atoms with E-state index in [1.165, 1.54) is 18.6 Å². The molecule has 0 radical (unpaired) electrons. The van der Waals surface area contributed by atoms with Gasteiger partial charge < -0.3 is 15.0 Å². The molecule has 1 unspecified atom stereocenters. The molecular formula is C28H32ClF2N3O2. The van der Waals surface area contributed by atoms with Crippen LogP contribution in [0.15, 0.2) is 36.5 Å². The highest BCUT2D eigenvalue weighted by Gasteiger charge is 2.36. The predicted octanol–water partition coefficient (Wildman–Crippen LogP) is 5.55. The molecule has 1 amide bonds. The van der Waals surface area contributed by atoms with E-state index in [0.29, 0.717) is 30.2 Å². The number of aromatic amines is 1. The third-order valence-electron chi connectivity index (χ3n) is 7.83. The van der Waals surface area contributed by atoms with Crippen molar-refractivity contribution in [2.75, 3.05) is 13.2 Å². The van der Waals surface area contributed by atoms with E-state index in [9.17, 15) is 13.6 Å². The average Bonchev–Trinajstić information content (AvgIpc) is 3.55. The van der Waals surface area contributed by atoms with Crippen molar-refractivity contribution in [2.24, 2.45) is 0 Å². The summed E-state index contributed by atoms with van der Waals surface area (Å²) in [6, 6.07) is 8.62. The summed E-state index contributed by atoms with van der Waals surface area (Å²) in [6.45, 7) is 1.31. The van der Waals surface area contributed by atoms with Gasteiger partial charge in [0.05, 0.1) is 0 Å². The van der Waals surface area contributed by atoms with Crippen LogP contribution in [0.3, 0.4) is 0 Å². The number of aryl methyl sites for hydroxylation is 1. The minimum atomic E-state index is -0.400. The number of fused-ring (bicyclic) bond motifs is 2. The Kier molecular flexibility index (Phi) is 7.22. The first-order valence-electron chi connectivity index (χ1n) is 12.8. The van der Waals surface area contributed by atoms with Gasteiger partial charge in [-0.1, -0.05) is 6.42 Å². The van der Waals surface area contributed by atoms with E-state index < -0.39 is 5.82 Å². The molecule has 192 valence electrons. The van der Waals surface area contributed by atoms with Crippen LogP contribution in [-0.4, -0.2) is 47.1 Å². The second-order valence-corrected chi connectivity index (χ2v) is 10.2. The molecule has 2 aliphatic carbocycles. The van der Waals surface area contributed by atoms with Gasteiger partial charge in [-0.15, -0.1) is 12.4 Å². The van der Waals surface area contributed by atoms with Crippen LogP contribution in [0.5, 0.6) is 5.75 Å². The third-order valence-corrected chi connectivity index (χ3v) is 7.83. The Labute approximate surface area is 216 Å². The van der Waals surface area contributed by atoms with Gasteiger partial charge in [0.15, 0.2) is 11.6 Å². The maximum Gasteiger partial charge on any atom is 0.251 e. The summed E-state index contributed by atoms with van der Waals surface area (Å²) in [5.41, 5.74) is 3.30. The van der Waals surface area contributed by atoms with Crippen LogP contribution < -0.4 is 10.1 Å². The van der Waals surface area contributed by atoms with Crippen LogP contribution in [0.4, 0.5) is 8.78 Å². The lowest BCUT2D eigenvalue weighted by Gasteiger charge is -2.44. The predicted molar refractivity (Wildman–Crippen MR) is 138 cm³/mol. The number of hydrogen-bond acceptors (Lipinski definition) is 3. The quantitative estimate of drug-likeness (QED) is 0.413. The lowest BCUT2D eigenvalue weighted by atomic mass is 9.87. The summed E-state index contributed by atoms with van der Waals surface area (Å²) in [4.78, 5) is 18.6. The van der Waals surface area contributed by atoms with Crippen LogP contribution in [0.2, 0.25) is 0 Å². The first-order chi connectivity index (χ1) is 17.1. The second-order valence-electron chi connectivity index (χ2n) is 10.2. The van der Waals surface area contributed by atoms with Crippen LogP contribution in [0.25, 0.3) is 10.9 Å². The zero-order chi connectivity index (χ0) is 23.9. The average molecular weight is 516 g/mol. The first kappa shape index (κ1) is 25.0. The standard InChI is InChI=1S/C28H31F2N3O2.ClH/c29-18-6-11-26-23(13-18)17(15-31-26)3-2-12-33(20-4-1-5-20)21-14-24-22(28(34)32-19-7-8-19)9-10-25(30)27(24)35-16-21;/h6,9-11,13,15,19-21,31H,1-5,7-8,12,14,16H2,(H,32,34);1H. The van der Waals surface area contributed by atoms with Crippen molar-refractivity contribution >= 4 is 29.2 Å². The lowest BCUT2D eigenvalue weighted by molar-refractivity contribution is 0.0421. The third kappa shape index (κ3) is 4.96. The van der Waals surface area contributed by atoms with Gasteiger partial charge >= 0.3 is 0 Å². The van der Waals surface area contributed by atoms with E-state index in [0.717, 1.165) is 61.5 Å². The molecule has 0 spiro atoms. The Morgan fingerprint density at radius 3 is 2.69 bits per heavy atom. The monoisotopic (exact) mass is 515 g/mol. The summed E-state index contributed by atoms with van der Waals surface area (Å²) in [6.07, 6.45) is 9.90. The molecule has 2 heterocycles. The van der Waals surface area contributed by atoms with Gasteiger partial charge in [0.25, 0.3) is 5.91 Å². The molecule has 3 aliphatic rings. The SMILES string of the molecule is Cl.O=C(NC1CC1)c1ccc(F)c2c1CC(N(CCCc1c[nH]c3ccc(F)cc13)C1CCC1)CO2. The van der Waals surface area contributed by atoms with Crippen molar-refractivity contribution in [3.05, 3.63) is 64.9 Å². The van der Waals surface area contributed by atoms with E-state index in [2.05, 4.69) is 15.2 Å². The first-order valence-corrected chi connectivity index (χ1v) is 12.8. The highest BCUT2D eigenvalue weighted by molar-refractivity contribution is 5.96. The van der Waals surface area contributed by atoms with Crippen LogP contribution in [0.1, 0.15) is 60.0 Å². The van der Waals surface area contributed by atoms with E-state index in [-0.39, 0.29) is 42.0 Å². The van der Waals surface area contributed by atoms with Gasteiger partial charge in [-0.05, 0) is 87.4 Å². The fraction of sp³-hybridized carbons (Fsp3) is 0.464. The normalized spacial score (nSPS) is 19.4. The van der Waals surface area contributed by atoms with E-state index in [1.54, 1.807) is 18.2 Å². The minimum absolute atomic E-state index is 0. The number of H-pyrrole nitrogens is 1. The van der Waals surface area contributed by atoms with Crippen LogP contribution >= 0.6 is 12.4 Å². The Morgan fingerprint density at radius 2 is 1.94 bits per heavy atom. The van der Waals surface area contributed by atoms with Gasteiger partial charge in [0.2, 0.25) is 0 Å². The van der Waals surface area contributed by atoms with Crippen molar-refractivity contribution in [1.29, 1.82) is 0 Å². The van der Waals surface area contributed by atoms with Gasteiger partial charge in [-0.2, -0.15) is 0 Å². The van der Waals surface area contributed by atoms with Crippen molar-refractivity contribution in [1.82, 2.24) is 15.2 Å². The minimum Gasteiger partial charge on any atom is -0.489 e. The van der Waals surface area contributed by atoms with E-state index >= 15 is 0 Å². The molecule has 5 nitrogen and oxygen atoms in total. The van der Waals surface area contributed by atoms with E-state index in [1.807, 2.05) is 6.20 Å². The Hall–Kier alpha value is -2.64. The highest BCUT2D eigenvalue weighted by Crippen LogP contribution is 2.36. The Morgan fingerprint density at radius 1 is 1.11 bits per heavy atom. The zero-order valence-electron chi connectivity index (χ0n) is 20.2. The van der Waals surface area contributed by atoms with Crippen LogP contribution in [0, 0.1) is 11.6 Å².